The number of benzene rings is 1. The fraction of sp³-hybridized carbons (Fsp3) is 0.462. The quantitative estimate of drug-likeness (QED) is 0.800. The molecule has 2 rings (SSSR count). The van der Waals surface area contributed by atoms with E-state index in [0.29, 0.717) is 5.56 Å². The normalized spacial score (nSPS) is 15.1. The summed E-state index contributed by atoms with van der Waals surface area (Å²) in [6.07, 6.45) is 3.86. The highest BCUT2D eigenvalue weighted by Crippen LogP contribution is 2.33. The molecule has 5 heteroatoms. The summed E-state index contributed by atoms with van der Waals surface area (Å²) < 4.78 is 6.54. The molecule has 1 aliphatic rings. The van der Waals surface area contributed by atoms with Crippen molar-refractivity contribution in [3.8, 4) is 0 Å². The Morgan fingerprint density at radius 3 is 2.72 bits per heavy atom. The monoisotopic (exact) mass is 375 g/mol. The number of hydrogen-bond acceptors (Lipinski definition) is 3. The summed E-state index contributed by atoms with van der Waals surface area (Å²) in [6.45, 7) is 0.907. The minimum atomic E-state index is -0.326. The van der Waals surface area contributed by atoms with Gasteiger partial charge in [0.15, 0.2) is 0 Å². The number of esters is 1. The van der Waals surface area contributed by atoms with E-state index in [9.17, 15) is 4.79 Å². The summed E-state index contributed by atoms with van der Waals surface area (Å²) in [5.41, 5.74) is 1.37. The van der Waals surface area contributed by atoms with Crippen molar-refractivity contribution < 1.29 is 9.53 Å². The lowest BCUT2D eigenvalue weighted by Gasteiger charge is -2.26. The molecule has 1 aromatic rings. The maximum atomic E-state index is 11.8. The second kappa shape index (κ2) is 6.06. The molecular formula is C13H15Br2NO2. The Labute approximate surface area is 124 Å². The zero-order valence-electron chi connectivity index (χ0n) is 10.1. The summed E-state index contributed by atoms with van der Waals surface area (Å²) in [4.78, 5) is 11.8. The van der Waals surface area contributed by atoms with Gasteiger partial charge in [0, 0.05) is 15.5 Å². The number of anilines is 1. The van der Waals surface area contributed by atoms with Crippen LogP contribution in [0.3, 0.4) is 0 Å². The van der Waals surface area contributed by atoms with Crippen molar-refractivity contribution in [3.63, 3.8) is 0 Å². The first-order chi connectivity index (χ1) is 8.61. The lowest BCUT2D eigenvalue weighted by molar-refractivity contribution is 0.0601. The van der Waals surface area contributed by atoms with Crippen LogP contribution < -0.4 is 5.32 Å². The summed E-state index contributed by atoms with van der Waals surface area (Å²) in [7, 11) is 1.40. The zero-order chi connectivity index (χ0) is 13.1. The van der Waals surface area contributed by atoms with Gasteiger partial charge in [0.1, 0.15) is 0 Å². The predicted octanol–water partition coefficient (Wildman–Crippen LogP) is 4.21. The number of nitrogens with one attached hydrogen (secondary N) is 1. The largest absolute Gasteiger partial charge is 0.465 e. The third-order valence-electron chi connectivity index (χ3n) is 3.25. The third kappa shape index (κ3) is 3.06. The van der Waals surface area contributed by atoms with E-state index < -0.39 is 0 Å². The highest BCUT2D eigenvalue weighted by molar-refractivity contribution is 9.11. The Hall–Kier alpha value is -0.550. The molecule has 1 fully saturated rings. The molecule has 0 radical (unpaired) electrons. The minimum Gasteiger partial charge on any atom is -0.465 e. The van der Waals surface area contributed by atoms with Crippen molar-refractivity contribution in [1.29, 1.82) is 0 Å². The first-order valence-corrected chi connectivity index (χ1v) is 7.51. The smallest absolute Gasteiger partial charge is 0.340 e. The molecule has 0 heterocycles. The van der Waals surface area contributed by atoms with E-state index in [4.69, 9.17) is 4.74 Å². The summed E-state index contributed by atoms with van der Waals surface area (Å²) in [5, 5.41) is 3.36. The van der Waals surface area contributed by atoms with Gasteiger partial charge in [-0.1, -0.05) is 22.4 Å². The first kappa shape index (κ1) is 13.9. The number of halogens is 2. The molecule has 0 bridgehead atoms. The van der Waals surface area contributed by atoms with Gasteiger partial charge in [0.25, 0.3) is 0 Å². The van der Waals surface area contributed by atoms with E-state index in [1.54, 1.807) is 6.07 Å². The van der Waals surface area contributed by atoms with Crippen molar-refractivity contribution in [1.82, 2.24) is 0 Å². The van der Waals surface area contributed by atoms with Gasteiger partial charge in [0.2, 0.25) is 0 Å². The topological polar surface area (TPSA) is 38.3 Å². The van der Waals surface area contributed by atoms with E-state index in [1.165, 1.54) is 26.4 Å². The van der Waals surface area contributed by atoms with Crippen LogP contribution >= 0.6 is 31.9 Å². The van der Waals surface area contributed by atoms with Crippen LogP contribution in [0.1, 0.15) is 29.6 Å². The van der Waals surface area contributed by atoms with Crippen molar-refractivity contribution in [3.05, 3.63) is 26.6 Å². The fourth-order valence-corrected chi connectivity index (χ4v) is 3.33. The lowest BCUT2D eigenvalue weighted by Crippen LogP contribution is -2.22. The Morgan fingerprint density at radius 2 is 2.17 bits per heavy atom. The van der Waals surface area contributed by atoms with Gasteiger partial charge in [0.05, 0.1) is 18.4 Å². The van der Waals surface area contributed by atoms with Crippen LogP contribution in [0.2, 0.25) is 0 Å². The highest BCUT2D eigenvalue weighted by Gasteiger charge is 2.20. The van der Waals surface area contributed by atoms with Crippen LogP contribution in [0, 0.1) is 5.92 Å². The number of rotatable bonds is 4. The molecule has 1 saturated carbocycles. The second-order valence-electron chi connectivity index (χ2n) is 4.48. The van der Waals surface area contributed by atoms with Crippen molar-refractivity contribution in [2.75, 3.05) is 19.0 Å². The fourth-order valence-electron chi connectivity index (χ4n) is 1.97. The van der Waals surface area contributed by atoms with Crippen molar-refractivity contribution >= 4 is 43.5 Å². The molecule has 18 heavy (non-hydrogen) atoms. The van der Waals surface area contributed by atoms with Gasteiger partial charge < -0.3 is 10.1 Å². The minimum absolute atomic E-state index is 0.326. The van der Waals surface area contributed by atoms with E-state index in [1.807, 2.05) is 6.07 Å². The number of carbonyl (C=O) groups excluding carboxylic acids is 1. The molecule has 0 aromatic heterocycles. The van der Waals surface area contributed by atoms with E-state index in [2.05, 4.69) is 37.2 Å². The molecule has 98 valence electrons. The summed E-state index contributed by atoms with van der Waals surface area (Å²) >= 11 is 6.87. The molecule has 1 N–H and O–H groups in total. The molecular weight excluding hydrogens is 362 g/mol. The van der Waals surface area contributed by atoms with Gasteiger partial charge in [-0.05, 0) is 46.8 Å². The number of hydrogen-bond donors (Lipinski definition) is 1. The van der Waals surface area contributed by atoms with E-state index in [-0.39, 0.29) is 5.97 Å². The van der Waals surface area contributed by atoms with Gasteiger partial charge in [-0.2, -0.15) is 0 Å². The number of ether oxygens (including phenoxy) is 1. The lowest BCUT2D eigenvalue weighted by atomic mass is 9.85. The molecule has 0 spiro atoms. The molecule has 3 nitrogen and oxygen atoms in total. The first-order valence-electron chi connectivity index (χ1n) is 5.93. The van der Waals surface area contributed by atoms with Crippen LogP contribution in [-0.4, -0.2) is 19.6 Å². The molecule has 0 amide bonds. The van der Waals surface area contributed by atoms with Gasteiger partial charge in [-0.15, -0.1) is 0 Å². The van der Waals surface area contributed by atoms with Crippen LogP contribution in [0.25, 0.3) is 0 Å². The highest BCUT2D eigenvalue weighted by atomic mass is 79.9. The van der Waals surface area contributed by atoms with Crippen molar-refractivity contribution in [2.24, 2.45) is 5.92 Å². The number of methoxy groups -OCH3 is 1. The standard InChI is InChI=1S/C13H15Br2NO2/c1-18-13(17)10-5-9(14)6-11(15)12(10)16-7-8-3-2-4-8/h5-6,8,16H,2-4,7H2,1H3. The SMILES string of the molecule is COC(=O)c1cc(Br)cc(Br)c1NCC1CCC1. The van der Waals surface area contributed by atoms with E-state index >= 15 is 0 Å². The Balaban J connectivity index is 2.21. The average molecular weight is 377 g/mol. The third-order valence-corrected chi connectivity index (χ3v) is 4.34. The second-order valence-corrected chi connectivity index (χ2v) is 6.25. The van der Waals surface area contributed by atoms with Crippen LogP contribution in [-0.2, 0) is 4.74 Å². The molecule has 1 aliphatic carbocycles. The molecule has 0 saturated heterocycles. The van der Waals surface area contributed by atoms with Gasteiger partial charge in [-0.3, -0.25) is 0 Å². The molecule has 0 unspecified atom stereocenters. The Kier molecular flexibility index (Phi) is 4.67. The predicted molar refractivity (Wildman–Crippen MR) is 79.0 cm³/mol. The summed E-state index contributed by atoms with van der Waals surface area (Å²) in [5.74, 6) is 0.402. The van der Waals surface area contributed by atoms with Crippen LogP contribution in [0.5, 0.6) is 0 Å². The van der Waals surface area contributed by atoms with Gasteiger partial charge >= 0.3 is 5.97 Å². The molecule has 0 aliphatic heterocycles. The number of carbonyl (C=O) groups is 1. The maximum absolute atomic E-state index is 11.8. The molecule has 1 aromatic carbocycles. The maximum Gasteiger partial charge on any atom is 0.340 e. The average Bonchev–Trinajstić information content (AvgIpc) is 2.28. The van der Waals surface area contributed by atoms with Crippen molar-refractivity contribution in [2.45, 2.75) is 19.3 Å². The van der Waals surface area contributed by atoms with Crippen LogP contribution in [0.4, 0.5) is 5.69 Å². The van der Waals surface area contributed by atoms with E-state index in [0.717, 1.165) is 27.1 Å². The Morgan fingerprint density at radius 1 is 1.44 bits per heavy atom. The summed E-state index contributed by atoms with van der Waals surface area (Å²) in [6, 6.07) is 3.70. The zero-order valence-corrected chi connectivity index (χ0v) is 13.3. The Bertz CT molecular complexity index is 459. The van der Waals surface area contributed by atoms with Gasteiger partial charge in [-0.25, -0.2) is 4.79 Å². The molecule has 0 atom stereocenters. The van der Waals surface area contributed by atoms with Crippen LogP contribution in [0.15, 0.2) is 21.1 Å².